The Kier molecular flexibility index (Phi) is 20.8. The summed E-state index contributed by atoms with van der Waals surface area (Å²) in [4.78, 5) is 33.6. The van der Waals surface area contributed by atoms with Gasteiger partial charge in [-0.05, 0) is 19.3 Å². The number of aliphatic hydroxyl groups excluding tert-OH is 1. The predicted molar refractivity (Wildman–Crippen MR) is 103 cm³/mol. The van der Waals surface area contributed by atoms with Crippen molar-refractivity contribution < 1.29 is 34.8 Å². The van der Waals surface area contributed by atoms with Gasteiger partial charge >= 0.3 is 17.9 Å². The molecule has 0 aromatic carbocycles. The molecule has 0 rings (SSSR count). The van der Waals surface area contributed by atoms with Crippen LogP contribution in [0.15, 0.2) is 4.99 Å². The quantitative estimate of drug-likeness (QED) is 0.0965. The van der Waals surface area contributed by atoms with Crippen LogP contribution in [-0.2, 0) is 14.4 Å². The van der Waals surface area contributed by atoms with E-state index in [0.717, 1.165) is 12.8 Å². The monoisotopic (exact) mass is 410 g/mol. The normalized spacial score (nSPS) is 12.8. The molecule has 0 heterocycles. The molecule has 0 fully saturated rings. The molecule has 28 heavy (non-hydrogen) atoms. The van der Waals surface area contributed by atoms with E-state index in [2.05, 4.69) is 4.99 Å². The number of guanidine groups is 1. The first-order chi connectivity index (χ1) is 12.9. The Morgan fingerprint density at radius 1 is 0.821 bits per heavy atom. The molecule has 13 nitrogen and oxygen atoms in total. The van der Waals surface area contributed by atoms with Crippen molar-refractivity contribution in [2.45, 2.75) is 57.2 Å². The molecule has 0 saturated heterocycles. The number of carboxylic acids is 3. The minimum Gasteiger partial charge on any atom is -0.480 e. The molecular weight excluding hydrogens is 376 g/mol. The van der Waals surface area contributed by atoms with E-state index in [1.807, 2.05) is 6.92 Å². The lowest BCUT2D eigenvalue weighted by Gasteiger charge is -2.03. The van der Waals surface area contributed by atoms with Crippen molar-refractivity contribution in [3.8, 4) is 0 Å². The van der Waals surface area contributed by atoms with E-state index >= 15 is 0 Å². The zero-order valence-electron chi connectivity index (χ0n) is 16.0. The van der Waals surface area contributed by atoms with Crippen LogP contribution in [0.1, 0.15) is 39.0 Å². The van der Waals surface area contributed by atoms with Crippen LogP contribution in [0.5, 0.6) is 0 Å². The number of rotatable bonds is 11. The molecule has 0 bridgehead atoms. The summed E-state index contributed by atoms with van der Waals surface area (Å²) in [5.74, 6) is -3.07. The van der Waals surface area contributed by atoms with Gasteiger partial charge in [0, 0.05) is 6.54 Å². The number of aliphatic imine (C=N–C) groups is 1. The highest BCUT2D eigenvalue weighted by atomic mass is 16.4. The fraction of sp³-hybridized carbons (Fsp3) is 0.733. The zero-order chi connectivity index (χ0) is 22.7. The second-order valence-electron chi connectivity index (χ2n) is 5.61. The number of carboxylic acid groups (broad SMARTS) is 3. The SMILES string of the molecule is CCCCC(N)C(=O)O.NC(N)=NCCC[C@@H](N)C(=O)O.N[C@H](CO)C(=O)O. The lowest BCUT2D eigenvalue weighted by molar-refractivity contribution is -0.140. The standard InChI is InChI=1S/C6H14N4O2.C6H13NO2.C3H7NO3/c7-4(5(11)12)2-1-3-10-6(8)9;1-2-3-4-5(7)6(8)9;4-2(1-5)3(6)7/h4H,1-3,7H2,(H,11,12)(H4,8,9,10);5H,2-4,7H2,1H3,(H,8,9);2,5H,1,4H2,(H,6,7)/t4-;;2-/m1.1/s1. The van der Waals surface area contributed by atoms with Crippen molar-refractivity contribution in [2.24, 2.45) is 33.7 Å². The summed E-state index contributed by atoms with van der Waals surface area (Å²) in [6, 6.07) is -2.61. The van der Waals surface area contributed by atoms with Gasteiger partial charge in [-0.1, -0.05) is 19.8 Å². The molecule has 0 spiro atoms. The van der Waals surface area contributed by atoms with E-state index in [4.69, 9.17) is 49.1 Å². The molecule has 0 radical (unpaired) electrons. The summed E-state index contributed by atoms with van der Waals surface area (Å²) >= 11 is 0. The van der Waals surface area contributed by atoms with Crippen LogP contribution in [0.4, 0.5) is 0 Å². The third-order valence-corrected chi connectivity index (χ3v) is 2.98. The third kappa shape index (κ3) is 23.5. The molecule has 0 amide bonds. The maximum Gasteiger partial charge on any atom is 0.322 e. The molecule has 0 aliphatic heterocycles. The minimum atomic E-state index is -1.18. The first kappa shape index (κ1) is 30.3. The highest BCUT2D eigenvalue weighted by molar-refractivity contribution is 5.75. The van der Waals surface area contributed by atoms with E-state index in [1.54, 1.807) is 0 Å². The molecule has 0 aliphatic rings. The van der Waals surface area contributed by atoms with Gasteiger partial charge in [-0.15, -0.1) is 0 Å². The number of hydrogen-bond donors (Lipinski definition) is 9. The number of unbranched alkanes of at least 4 members (excludes halogenated alkanes) is 1. The highest BCUT2D eigenvalue weighted by Gasteiger charge is 2.10. The minimum absolute atomic E-state index is 0.0129. The van der Waals surface area contributed by atoms with Crippen molar-refractivity contribution >= 4 is 23.9 Å². The van der Waals surface area contributed by atoms with Gasteiger partial charge in [0.1, 0.15) is 18.1 Å². The van der Waals surface area contributed by atoms with Crippen LogP contribution < -0.4 is 28.7 Å². The third-order valence-electron chi connectivity index (χ3n) is 2.98. The fourth-order valence-electron chi connectivity index (χ4n) is 1.27. The summed E-state index contributed by atoms with van der Waals surface area (Å²) in [7, 11) is 0. The van der Waals surface area contributed by atoms with Gasteiger partial charge in [0.05, 0.1) is 6.61 Å². The van der Waals surface area contributed by atoms with E-state index in [0.29, 0.717) is 25.8 Å². The number of nitrogens with two attached hydrogens (primary N) is 5. The Balaban J connectivity index is -0.000000349. The molecule has 166 valence electrons. The second kappa shape index (κ2) is 19.3. The molecule has 3 atom stereocenters. The predicted octanol–water partition coefficient (Wildman–Crippen LogP) is -2.57. The average molecular weight is 410 g/mol. The fourth-order valence-corrected chi connectivity index (χ4v) is 1.27. The van der Waals surface area contributed by atoms with Crippen LogP contribution in [0.25, 0.3) is 0 Å². The zero-order valence-corrected chi connectivity index (χ0v) is 16.0. The Morgan fingerprint density at radius 2 is 1.21 bits per heavy atom. The number of aliphatic carboxylic acids is 3. The summed E-state index contributed by atoms with van der Waals surface area (Å²) < 4.78 is 0. The van der Waals surface area contributed by atoms with Crippen LogP contribution >= 0.6 is 0 Å². The smallest absolute Gasteiger partial charge is 0.322 e. The maximum atomic E-state index is 10.2. The maximum absolute atomic E-state index is 10.2. The van der Waals surface area contributed by atoms with Crippen molar-refractivity contribution in [2.75, 3.05) is 13.2 Å². The number of nitrogens with zero attached hydrogens (tertiary/aromatic N) is 1. The van der Waals surface area contributed by atoms with Gasteiger partial charge in [0.25, 0.3) is 0 Å². The molecule has 1 unspecified atom stereocenters. The first-order valence-electron chi connectivity index (χ1n) is 8.51. The average Bonchev–Trinajstić information content (AvgIpc) is 2.62. The molecule has 0 aromatic heterocycles. The Hall–Kier alpha value is -2.48. The number of carbonyl (C=O) groups is 3. The van der Waals surface area contributed by atoms with Crippen molar-refractivity contribution in [1.29, 1.82) is 0 Å². The molecular formula is C15H34N6O7. The molecule has 13 heteroatoms. The Bertz CT molecular complexity index is 472. The van der Waals surface area contributed by atoms with Gasteiger partial charge in [-0.3, -0.25) is 19.4 Å². The van der Waals surface area contributed by atoms with Crippen molar-refractivity contribution in [3.05, 3.63) is 0 Å². The van der Waals surface area contributed by atoms with Crippen LogP contribution in [0, 0.1) is 0 Å². The van der Waals surface area contributed by atoms with E-state index in [9.17, 15) is 14.4 Å². The van der Waals surface area contributed by atoms with Gasteiger partial charge in [-0.2, -0.15) is 0 Å². The van der Waals surface area contributed by atoms with Gasteiger partial charge < -0.3 is 49.1 Å². The number of hydrogen-bond acceptors (Lipinski definition) is 8. The van der Waals surface area contributed by atoms with E-state index in [1.165, 1.54) is 0 Å². The van der Waals surface area contributed by atoms with Gasteiger partial charge in [0.2, 0.25) is 0 Å². The van der Waals surface area contributed by atoms with E-state index < -0.39 is 42.6 Å². The molecule has 0 saturated carbocycles. The second-order valence-corrected chi connectivity index (χ2v) is 5.61. The largest absolute Gasteiger partial charge is 0.480 e. The van der Waals surface area contributed by atoms with E-state index in [-0.39, 0.29) is 5.96 Å². The van der Waals surface area contributed by atoms with Crippen LogP contribution in [-0.4, -0.2) is 75.6 Å². The molecule has 0 aliphatic carbocycles. The molecule has 14 N–H and O–H groups in total. The highest BCUT2D eigenvalue weighted by Crippen LogP contribution is 1.97. The summed E-state index contributed by atoms with van der Waals surface area (Å²) in [6.45, 7) is 1.92. The molecule has 0 aromatic rings. The topological polar surface area (TPSA) is 275 Å². The van der Waals surface area contributed by atoms with Crippen LogP contribution in [0.3, 0.4) is 0 Å². The Morgan fingerprint density at radius 3 is 1.46 bits per heavy atom. The lowest BCUT2D eigenvalue weighted by Crippen LogP contribution is -2.33. The number of aliphatic hydroxyl groups is 1. The van der Waals surface area contributed by atoms with Gasteiger partial charge in [0.15, 0.2) is 5.96 Å². The summed E-state index contributed by atoms with van der Waals surface area (Å²) in [5, 5.41) is 32.6. The van der Waals surface area contributed by atoms with Crippen molar-refractivity contribution in [3.63, 3.8) is 0 Å². The summed E-state index contributed by atoms with van der Waals surface area (Å²) in [6.07, 6.45) is 3.44. The lowest BCUT2D eigenvalue weighted by atomic mass is 10.1. The van der Waals surface area contributed by atoms with Crippen LogP contribution in [0.2, 0.25) is 0 Å². The van der Waals surface area contributed by atoms with Crippen molar-refractivity contribution in [1.82, 2.24) is 0 Å². The van der Waals surface area contributed by atoms with Gasteiger partial charge in [-0.25, -0.2) is 0 Å². The summed E-state index contributed by atoms with van der Waals surface area (Å²) in [5.41, 5.74) is 25.3. The first-order valence-corrected chi connectivity index (χ1v) is 8.51. The Labute approximate surface area is 163 Å².